The maximum absolute atomic E-state index is 12.4. The lowest BCUT2D eigenvalue weighted by Crippen LogP contribution is -2.38. The number of hydrogen-bond acceptors (Lipinski definition) is 2. The first-order chi connectivity index (χ1) is 12.1. The highest BCUT2D eigenvalue weighted by molar-refractivity contribution is 5.95. The predicted octanol–water partition coefficient (Wildman–Crippen LogP) is 3.95. The number of nitrogens with zero attached hydrogens (tertiary/aromatic N) is 1. The van der Waals surface area contributed by atoms with Crippen LogP contribution in [0.4, 0.5) is 0 Å². The molecule has 1 aliphatic rings. The molecule has 0 spiro atoms. The molecular weight excluding hydrogens is 308 g/mol. The van der Waals surface area contributed by atoms with E-state index >= 15 is 0 Å². The first-order valence-corrected chi connectivity index (χ1v) is 9.23. The van der Waals surface area contributed by atoms with Crippen LogP contribution >= 0.6 is 0 Å². The molecule has 132 valence electrons. The zero-order chi connectivity index (χ0) is 17.6. The molecule has 3 nitrogen and oxygen atoms in total. The van der Waals surface area contributed by atoms with Gasteiger partial charge in [-0.2, -0.15) is 0 Å². The lowest BCUT2D eigenvalue weighted by atomic mass is 9.96. The van der Waals surface area contributed by atoms with Crippen LogP contribution in [0.3, 0.4) is 0 Å². The maximum Gasteiger partial charge on any atom is 0.251 e. The van der Waals surface area contributed by atoms with E-state index in [4.69, 9.17) is 0 Å². The van der Waals surface area contributed by atoms with Crippen molar-refractivity contribution in [2.24, 2.45) is 5.92 Å². The molecule has 2 aromatic rings. The van der Waals surface area contributed by atoms with E-state index in [1.54, 1.807) is 0 Å². The fourth-order valence-electron chi connectivity index (χ4n) is 3.59. The van der Waals surface area contributed by atoms with Crippen molar-refractivity contribution in [1.29, 1.82) is 0 Å². The van der Waals surface area contributed by atoms with Gasteiger partial charge in [0.2, 0.25) is 0 Å². The molecule has 0 radical (unpaired) electrons. The van der Waals surface area contributed by atoms with Gasteiger partial charge in [0.25, 0.3) is 5.91 Å². The zero-order valence-electron chi connectivity index (χ0n) is 15.3. The Morgan fingerprint density at radius 3 is 2.48 bits per heavy atom. The average molecular weight is 336 g/mol. The van der Waals surface area contributed by atoms with Crippen molar-refractivity contribution in [3.8, 4) is 0 Å². The standard InChI is InChI=1S/C22H28N2O/c1-17-8-9-21(18(2)14-17)22(25)23-15-19-10-12-24(13-11-19)16-20-6-4-3-5-7-20/h3-9,14,19H,10-13,15-16H2,1-2H3,(H,23,25). The highest BCUT2D eigenvalue weighted by Gasteiger charge is 2.20. The van der Waals surface area contributed by atoms with E-state index in [1.165, 1.54) is 11.1 Å². The summed E-state index contributed by atoms with van der Waals surface area (Å²) in [4.78, 5) is 14.9. The van der Waals surface area contributed by atoms with E-state index in [1.807, 2.05) is 19.1 Å². The summed E-state index contributed by atoms with van der Waals surface area (Å²) in [6.07, 6.45) is 2.31. The molecule has 0 aromatic heterocycles. The number of likely N-dealkylation sites (tertiary alicyclic amines) is 1. The van der Waals surface area contributed by atoms with E-state index in [2.05, 4.69) is 53.5 Å². The van der Waals surface area contributed by atoms with Crippen LogP contribution in [0.15, 0.2) is 48.5 Å². The molecule has 2 aromatic carbocycles. The molecule has 1 heterocycles. The smallest absolute Gasteiger partial charge is 0.251 e. The molecule has 0 atom stereocenters. The van der Waals surface area contributed by atoms with Gasteiger partial charge in [0.05, 0.1) is 0 Å². The lowest BCUT2D eigenvalue weighted by molar-refractivity contribution is 0.0934. The maximum atomic E-state index is 12.4. The van der Waals surface area contributed by atoms with E-state index in [-0.39, 0.29) is 5.91 Å². The van der Waals surface area contributed by atoms with Crippen molar-refractivity contribution in [3.63, 3.8) is 0 Å². The fourth-order valence-corrected chi connectivity index (χ4v) is 3.59. The van der Waals surface area contributed by atoms with Crippen molar-refractivity contribution in [2.75, 3.05) is 19.6 Å². The summed E-state index contributed by atoms with van der Waals surface area (Å²) in [6, 6.07) is 16.7. The monoisotopic (exact) mass is 336 g/mol. The fraction of sp³-hybridized carbons (Fsp3) is 0.409. The molecule has 1 fully saturated rings. The molecule has 0 aliphatic carbocycles. The molecule has 25 heavy (non-hydrogen) atoms. The Bertz CT molecular complexity index is 703. The van der Waals surface area contributed by atoms with Gasteiger partial charge in [0.15, 0.2) is 0 Å². The number of hydrogen-bond donors (Lipinski definition) is 1. The van der Waals surface area contributed by atoms with Crippen LogP contribution in [0.5, 0.6) is 0 Å². The van der Waals surface area contributed by atoms with Crippen LogP contribution in [-0.4, -0.2) is 30.4 Å². The summed E-state index contributed by atoms with van der Waals surface area (Å²) in [5.74, 6) is 0.644. The first kappa shape index (κ1) is 17.7. The summed E-state index contributed by atoms with van der Waals surface area (Å²) in [5, 5.41) is 3.14. The third-order valence-corrected chi connectivity index (χ3v) is 5.13. The second-order valence-corrected chi connectivity index (χ2v) is 7.23. The number of aryl methyl sites for hydroxylation is 2. The molecule has 1 saturated heterocycles. The molecule has 0 saturated carbocycles. The third kappa shape index (κ3) is 4.93. The number of piperidine rings is 1. The molecule has 3 rings (SSSR count). The van der Waals surface area contributed by atoms with Gasteiger partial charge in [-0.1, -0.05) is 48.0 Å². The number of nitrogens with one attached hydrogen (secondary N) is 1. The van der Waals surface area contributed by atoms with Crippen molar-refractivity contribution >= 4 is 5.91 Å². The van der Waals surface area contributed by atoms with Crippen LogP contribution in [0.25, 0.3) is 0 Å². The Labute approximate surface area is 151 Å². The minimum atomic E-state index is 0.0595. The number of carbonyl (C=O) groups excluding carboxylic acids is 1. The van der Waals surface area contributed by atoms with Gasteiger partial charge in [-0.05, 0) is 62.9 Å². The Morgan fingerprint density at radius 1 is 1.08 bits per heavy atom. The lowest BCUT2D eigenvalue weighted by Gasteiger charge is -2.32. The average Bonchev–Trinajstić information content (AvgIpc) is 2.62. The summed E-state index contributed by atoms with van der Waals surface area (Å²) in [6.45, 7) is 8.09. The van der Waals surface area contributed by atoms with Gasteiger partial charge in [0, 0.05) is 18.7 Å². The zero-order valence-corrected chi connectivity index (χ0v) is 15.3. The third-order valence-electron chi connectivity index (χ3n) is 5.13. The molecule has 1 aliphatic heterocycles. The predicted molar refractivity (Wildman–Crippen MR) is 103 cm³/mol. The molecule has 1 amide bonds. The van der Waals surface area contributed by atoms with E-state index in [0.717, 1.165) is 50.1 Å². The number of amides is 1. The Kier molecular flexibility index (Phi) is 5.87. The SMILES string of the molecule is Cc1ccc(C(=O)NCC2CCN(Cc3ccccc3)CC2)c(C)c1. The minimum absolute atomic E-state index is 0.0595. The largest absolute Gasteiger partial charge is 0.352 e. The van der Waals surface area contributed by atoms with E-state index < -0.39 is 0 Å². The molecule has 3 heteroatoms. The molecule has 0 unspecified atom stereocenters. The highest BCUT2D eigenvalue weighted by Crippen LogP contribution is 2.19. The summed E-state index contributed by atoms with van der Waals surface area (Å²) in [5.41, 5.74) is 4.42. The summed E-state index contributed by atoms with van der Waals surface area (Å²) in [7, 11) is 0. The topological polar surface area (TPSA) is 32.3 Å². The van der Waals surface area contributed by atoms with Crippen molar-refractivity contribution in [3.05, 3.63) is 70.8 Å². The van der Waals surface area contributed by atoms with Gasteiger partial charge in [-0.15, -0.1) is 0 Å². The van der Waals surface area contributed by atoms with Crippen LogP contribution in [0.2, 0.25) is 0 Å². The first-order valence-electron chi connectivity index (χ1n) is 9.23. The Balaban J connectivity index is 1.44. The van der Waals surface area contributed by atoms with Crippen LogP contribution in [0.1, 0.15) is 39.9 Å². The number of rotatable bonds is 5. The summed E-state index contributed by atoms with van der Waals surface area (Å²) >= 11 is 0. The molecule has 0 bridgehead atoms. The Morgan fingerprint density at radius 2 is 1.80 bits per heavy atom. The molecular formula is C22H28N2O. The minimum Gasteiger partial charge on any atom is -0.352 e. The highest BCUT2D eigenvalue weighted by atomic mass is 16.1. The quantitative estimate of drug-likeness (QED) is 0.897. The normalized spacial score (nSPS) is 15.9. The van der Waals surface area contributed by atoms with Gasteiger partial charge < -0.3 is 5.32 Å². The van der Waals surface area contributed by atoms with Gasteiger partial charge in [-0.3, -0.25) is 9.69 Å². The van der Waals surface area contributed by atoms with Gasteiger partial charge >= 0.3 is 0 Å². The van der Waals surface area contributed by atoms with Crippen molar-refractivity contribution < 1.29 is 4.79 Å². The van der Waals surface area contributed by atoms with Crippen molar-refractivity contribution in [2.45, 2.75) is 33.2 Å². The van der Waals surface area contributed by atoms with E-state index in [9.17, 15) is 4.79 Å². The second-order valence-electron chi connectivity index (χ2n) is 7.23. The number of carbonyl (C=O) groups is 1. The second kappa shape index (κ2) is 8.30. The van der Waals surface area contributed by atoms with Crippen LogP contribution < -0.4 is 5.32 Å². The van der Waals surface area contributed by atoms with Crippen LogP contribution in [0, 0.1) is 19.8 Å². The van der Waals surface area contributed by atoms with Crippen LogP contribution in [-0.2, 0) is 6.54 Å². The number of benzene rings is 2. The van der Waals surface area contributed by atoms with Gasteiger partial charge in [0.1, 0.15) is 0 Å². The van der Waals surface area contributed by atoms with Gasteiger partial charge in [-0.25, -0.2) is 0 Å². The summed E-state index contributed by atoms with van der Waals surface area (Å²) < 4.78 is 0. The van der Waals surface area contributed by atoms with Crippen molar-refractivity contribution in [1.82, 2.24) is 10.2 Å². The molecule has 1 N–H and O–H groups in total. The Hall–Kier alpha value is -2.13. The van der Waals surface area contributed by atoms with E-state index in [0.29, 0.717) is 5.92 Å².